The Labute approximate surface area is 183 Å². The Balaban J connectivity index is 1.42. The Morgan fingerprint density at radius 3 is 2.52 bits per heavy atom. The number of morpholine rings is 1. The standard InChI is InChI=1S/C21H30FN5O3S/c1-16-3-5-19(6-4-16)31(28,29)27-11-8-17(9-12-27)20-23-24-21(25(20)2)26-13-14-30-18(15-26)7-10-22/h3-6,17-18H,7-15H2,1-2H3. The van der Waals surface area contributed by atoms with Gasteiger partial charge < -0.3 is 14.2 Å². The molecule has 31 heavy (non-hydrogen) atoms. The van der Waals surface area contributed by atoms with Crippen LogP contribution < -0.4 is 4.90 Å². The van der Waals surface area contributed by atoms with Crippen LogP contribution in [0.25, 0.3) is 0 Å². The average molecular weight is 452 g/mol. The van der Waals surface area contributed by atoms with E-state index >= 15 is 0 Å². The van der Waals surface area contributed by atoms with Gasteiger partial charge in [-0.05, 0) is 31.9 Å². The van der Waals surface area contributed by atoms with Gasteiger partial charge in [-0.25, -0.2) is 8.42 Å². The first kappa shape index (κ1) is 22.2. The zero-order valence-corrected chi connectivity index (χ0v) is 18.9. The third-order valence-electron chi connectivity index (χ3n) is 6.22. The Morgan fingerprint density at radius 1 is 1.13 bits per heavy atom. The van der Waals surface area contributed by atoms with Crippen molar-refractivity contribution in [2.24, 2.45) is 7.05 Å². The number of rotatable bonds is 6. The van der Waals surface area contributed by atoms with Crippen LogP contribution >= 0.6 is 0 Å². The second-order valence-electron chi connectivity index (χ2n) is 8.33. The van der Waals surface area contributed by atoms with Crippen LogP contribution in [0.4, 0.5) is 10.3 Å². The van der Waals surface area contributed by atoms with Crippen molar-refractivity contribution in [2.45, 2.75) is 43.1 Å². The number of sulfonamides is 1. The number of piperidine rings is 1. The lowest BCUT2D eigenvalue weighted by atomic mass is 9.97. The van der Waals surface area contributed by atoms with Crippen LogP contribution in [0.15, 0.2) is 29.2 Å². The molecule has 10 heteroatoms. The maximum atomic E-state index is 13.0. The predicted octanol–water partition coefficient (Wildman–Crippen LogP) is 2.26. The summed E-state index contributed by atoms with van der Waals surface area (Å²) in [5, 5.41) is 8.82. The fraction of sp³-hybridized carbons (Fsp3) is 0.619. The van der Waals surface area contributed by atoms with Crippen molar-refractivity contribution < 1.29 is 17.5 Å². The molecule has 1 atom stereocenters. The number of hydrogen-bond donors (Lipinski definition) is 0. The molecule has 0 aliphatic carbocycles. The monoisotopic (exact) mass is 451 g/mol. The molecule has 2 aliphatic rings. The number of ether oxygens (including phenoxy) is 1. The maximum absolute atomic E-state index is 13.0. The lowest BCUT2D eigenvalue weighted by molar-refractivity contribution is 0.0305. The molecule has 2 fully saturated rings. The number of aryl methyl sites for hydroxylation is 1. The Kier molecular flexibility index (Phi) is 6.59. The molecule has 1 aromatic carbocycles. The summed E-state index contributed by atoms with van der Waals surface area (Å²) in [6.45, 7) is 4.30. The van der Waals surface area contributed by atoms with E-state index in [9.17, 15) is 12.8 Å². The van der Waals surface area contributed by atoms with Crippen molar-refractivity contribution in [3.05, 3.63) is 35.7 Å². The highest BCUT2D eigenvalue weighted by Gasteiger charge is 2.33. The normalized spacial score (nSPS) is 21.5. The van der Waals surface area contributed by atoms with E-state index < -0.39 is 16.7 Å². The highest BCUT2D eigenvalue weighted by Crippen LogP contribution is 2.31. The summed E-state index contributed by atoms with van der Waals surface area (Å²) in [4.78, 5) is 2.43. The van der Waals surface area contributed by atoms with Crippen molar-refractivity contribution in [2.75, 3.05) is 44.4 Å². The second kappa shape index (κ2) is 9.22. The molecule has 0 radical (unpaired) electrons. The van der Waals surface area contributed by atoms with E-state index in [1.807, 2.05) is 30.7 Å². The van der Waals surface area contributed by atoms with Crippen molar-refractivity contribution in [3.8, 4) is 0 Å². The summed E-state index contributed by atoms with van der Waals surface area (Å²) in [5.74, 6) is 1.78. The molecule has 2 aromatic rings. The molecule has 0 saturated carbocycles. The average Bonchev–Trinajstić information content (AvgIpc) is 3.16. The SMILES string of the molecule is Cc1ccc(S(=O)(=O)N2CCC(c3nnc(N4CCOC(CCF)C4)n3C)CC2)cc1. The van der Waals surface area contributed by atoms with Gasteiger partial charge in [0, 0.05) is 45.6 Å². The minimum Gasteiger partial charge on any atom is -0.374 e. The largest absolute Gasteiger partial charge is 0.374 e. The van der Waals surface area contributed by atoms with Crippen molar-refractivity contribution in [1.82, 2.24) is 19.1 Å². The molecule has 0 bridgehead atoms. The zero-order chi connectivity index (χ0) is 22.0. The summed E-state index contributed by atoms with van der Waals surface area (Å²) in [6, 6.07) is 6.99. The van der Waals surface area contributed by atoms with Crippen molar-refractivity contribution in [1.29, 1.82) is 0 Å². The lowest BCUT2D eigenvalue weighted by Crippen LogP contribution is -2.44. The zero-order valence-electron chi connectivity index (χ0n) is 18.1. The van der Waals surface area contributed by atoms with Crippen LogP contribution in [-0.2, 0) is 21.8 Å². The van der Waals surface area contributed by atoms with Gasteiger partial charge in [0.2, 0.25) is 16.0 Å². The van der Waals surface area contributed by atoms with E-state index in [0.717, 1.165) is 17.3 Å². The minimum absolute atomic E-state index is 0.130. The number of hydrogen-bond acceptors (Lipinski definition) is 6. The molecule has 2 aliphatic heterocycles. The molecular formula is C21H30FN5O3S. The summed E-state index contributed by atoms with van der Waals surface area (Å²) in [6.07, 6.45) is 1.65. The van der Waals surface area contributed by atoms with Gasteiger partial charge in [0.05, 0.1) is 24.3 Å². The van der Waals surface area contributed by atoms with Gasteiger partial charge in [-0.3, -0.25) is 4.39 Å². The van der Waals surface area contributed by atoms with Gasteiger partial charge in [-0.15, -0.1) is 10.2 Å². The minimum atomic E-state index is -3.48. The Bertz CT molecular complexity index is 985. The van der Waals surface area contributed by atoms with Crippen LogP contribution in [0.2, 0.25) is 0 Å². The molecular weight excluding hydrogens is 421 g/mol. The number of benzene rings is 1. The summed E-state index contributed by atoms with van der Waals surface area (Å²) < 4.78 is 47.8. The van der Waals surface area contributed by atoms with Gasteiger partial charge in [0.25, 0.3) is 0 Å². The van der Waals surface area contributed by atoms with Crippen LogP contribution in [0.3, 0.4) is 0 Å². The van der Waals surface area contributed by atoms with E-state index in [1.165, 1.54) is 0 Å². The van der Waals surface area contributed by atoms with Crippen LogP contribution in [0.5, 0.6) is 0 Å². The molecule has 8 nitrogen and oxygen atoms in total. The summed E-state index contributed by atoms with van der Waals surface area (Å²) in [5.41, 5.74) is 1.03. The van der Waals surface area contributed by atoms with Gasteiger partial charge in [-0.1, -0.05) is 17.7 Å². The highest BCUT2D eigenvalue weighted by molar-refractivity contribution is 7.89. The topological polar surface area (TPSA) is 80.6 Å². The second-order valence-corrected chi connectivity index (χ2v) is 10.3. The van der Waals surface area contributed by atoms with E-state index in [-0.39, 0.29) is 12.0 Å². The summed E-state index contributed by atoms with van der Waals surface area (Å²) >= 11 is 0. The fourth-order valence-electron chi connectivity index (χ4n) is 4.37. The third kappa shape index (κ3) is 4.61. The first-order chi connectivity index (χ1) is 14.9. The predicted molar refractivity (Wildman–Crippen MR) is 115 cm³/mol. The number of halogens is 1. The lowest BCUT2D eigenvalue weighted by Gasteiger charge is -2.33. The van der Waals surface area contributed by atoms with Gasteiger partial charge in [0.15, 0.2) is 0 Å². The molecule has 0 N–H and O–H groups in total. The molecule has 2 saturated heterocycles. The van der Waals surface area contributed by atoms with E-state index in [0.29, 0.717) is 56.9 Å². The molecule has 0 amide bonds. The number of anilines is 1. The van der Waals surface area contributed by atoms with E-state index in [4.69, 9.17) is 4.74 Å². The summed E-state index contributed by atoms with van der Waals surface area (Å²) in [7, 11) is -1.54. The molecule has 4 rings (SSSR count). The molecule has 3 heterocycles. The molecule has 170 valence electrons. The molecule has 1 unspecified atom stereocenters. The van der Waals surface area contributed by atoms with E-state index in [1.54, 1.807) is 16.4 Å². The first-order valence-electron chi connectivity index (χ1n) is 10.8. The van der Waals surface area contributed by atoms with Crippen LogP contribution in [-0.4, -0.2) is 73.1 Å². The number of nitrogens with zero attached hydrogens (tertiary/aromatic N) is 5. The Hall–Kier alpha value is -2.04. The van der Waals surface area contributed by atoms with Gasteiger partial charge in [0.1, 0.15) is 5.82 Å². The van der Waals surface area contributed by atoms with Crippen molar-refractivity contribution >= 4 is 16.0 Å². The quantitative estimate of drug-likeness (QED) is 0.670. The van der Waals surface area contributed by atoms with Crippen molar-refractivity contribution in [3.63, 3.8) is 0 Å². The first-order valence-corrected chi connectivity index (χ1v) is 12.2. The van der Waals surface area contributed by atoms with Crippen LogP contribution in [0, 0.1) is 6.92 Å². The molecule has 0 spiro atoms. The fourth-order valence-corrected chi connectivity index (χ4v) is 5.84. The van der Waals surface area contributed by atoms with E-state index in [2.05, 4.69) is 15.1 Å². The molecule has 1 aromatic heterocycles. The smallest absolute Gasteiger partial charge is 0.243 e. The van der Waals surface area contributed by atoms with Gasteiger partial charge in [-0.2, -0.15) is 4.31 Å². The maximum Gasteiger partial charge on any atom is 0.243 e. The number of alkyl halides is 1. The third-order valence-corrected chi connectivity index (χ3v) is 8.13. The number of aromatic nitrogens is 3. The van der Waals surface area contributed by atoms with Crippen LogP contribution in [0.1, 0.15) is 36.6 Å². The van der Waals surface area contributed by atoms with Gasteiger partial charge >= 0.3 is 0 Å². The Morgan fingerprint density at radius 2 is 1.84 bits per heavy atom. The highest BCUT2D eigenvalue weighted by atomic mass is 32.2.